The van der Waals surface area contributed by atoms with Gasteiger partial charge in [0.05, 0.1) is 29.7 Å². The predicted octanol–water partition coefficient (Wildman–Crippen LogP) is 3.68. The molecule has 142 valence electrons. The van der Waals surface area contributed by atoms with E-state index in [-0.39, 0.29) is 11.8 Å². The molecule has 0 unspecified atom stereocenters. The zero-order valence-corrected chi connectivity index (χ0v) is 15.9. The molecule has 0 spiro atoms. The van der Waals surface area contributed by atoms with Gasteiger partial charge < -0.3 is 19.4 Å². The van der Waals surface area contributed by atoms with Crippen molar-refractivity contribution in [3.05, 3.63) is 66.4 Å². The number of carbonyl (C=O) groups excluding carboxylic acids is 2. The zero-order chi connectivity index (χ0) is 19.5. The monoisotopic (exact) mass is 395 g/mol. The van der Waals surface area contributed by atoms with E-state index >= 15 is 0 Å². The number of furan rings is 1. The predicted molar refractivity (Wildman–Crippen MR) is 105 cm³/mol. The van der Waals surface area contributed by atoms with Crippen LogP contribution >= 0.6 is 11.8 Å². The molecule has 0 saturated heterocycles. The molecule has 2 aromatic heterocycles. The number of nitrogens with zero attached hydrogens (tertiary/aromatic N) is 2. The summed E-state index contributed by atoms with van der Waals surface area (Å²) in [5.41, 5.74) is 2.43. The SMILES string of the molecule is COCCN1C(=O)c2ccncc2Sc2cc(NC(=O)c3ccoc3)ccc21. The highest BCUT2D eigenvalue weighted by Gasteiger charge is 2.27. The summed E-state index contributed by atoms with van der Waals surface area (Å²) in [6.45, 7) is 0.834. The van der Waals surface area contributed by atoms with Crippen LogP contribution in [0.1, 0.15) is 20.7 Å². The summed E-state index contributed by atoms with van der Waals surface area (Å²) in [5, 5.41) is 2.85. The fraction of sp³-hybridized carbons (Fsp3) is 0.150. The molecule has 0 aliphatic carbocycles. The lowest BCUT2D eigenvalue weighted by molar-refractivity contribution is 0.0971. The number of pyridine rings is 1. The van der Waals surface area contributed by atoms with Crippen LogP contribution in [0.5, 0.6) is 0 Å². The molecule has 1 aliphatic heterocycles. The summed E-state index contributed by atoms with van der Waals surface area (Å²) in [6, 6.07) is 8.78. The molecule has 7 nitrogen and oxygen atoms in total. The number of benzene rings is 1. The Kier molecular flexibility index (Phi) is 5.14. The molecule has 0 bridgehead atoms. The van der Waals surface area contributed by atoms with Gasteiger partial charge in [-0.25, -0.2) is 0 Å². The number of methoxy groups -OCH3 is 1. The molecule has 4 rings (SSSR count). The highest BCUT2D eigenvalue weighted by Crippen LogP contribution is 2.42. The third-order valence-electron chi connectivity index (χ3n) is 4.29. The molecule has 28 heavy (non-hydrogen) atoms. The number of hydrogen-bond acceptors (Lipinski definition) is 6. The van der Waals surface area contributed by atoms with Gasteiger partial charge in [-0.15, -0.1) is 0 Å². The van der Waals surface area contributed by atoms with Gasteiger partial charge in [0.1, 0.15) is 6.26 Å². The summed E-state index contributed by atoms with van der Waals surface area (Å²) >= 11 is 1.45. The number of amides is 2. The largest absolute Gasteiger partial charge is 0.472 e. The number of ether oxygens (including phenoxy) is 1. The van der Waals surface area contributed by atoms with Crippen LogP contribution in [0.2, 0.25) is 0 Å². The quantitative estimate of drug-likeness (QED) is 0.709. The van der Waals surface area contributed by atoms with Crippen LogP contribution < -0.4 is 10.2 Å². The van der Waals surface area contributed by atoms with Gasteiger partial charge in [0.25, 0.3) is 11.8 Å². The van der Waals surface area contributed by atoms with Gasteiger partial charge in [0.2, 0.25) is 0 Å². The minimum atomic E-state index is -0.262. The van der Waals surface area contributed by atoms with E-state index in [1.54, 1.807) is 42.6 Å². The van der Waals surface area contributed by atoms with Crippen LogP contribution in [0.25, 0.3) is 0 Å². The van der Waals surface area contributed by atoms with E-state index in [1.165, 1.54) is 24.3 Å². The normalized spacial score (nSPS) is 12.9. The summed E-state index contributed by atoms with van der Waals surface area (Å²) in [5.74, 6) is -0.363. The molecule has 0 radical (unpaired) electrons. The fourth-order valence-electron chi connectivity index (χ4n) is 2.91. The molecule has 0 saturated carbocycles. The van der Waals surface area contributed by atoms with Gasteiger partial charge in [-0.3, -0.25) is 14.6 Å². The summed E-state index contributed by atoms with van der Waals surface area (Å²) in [7, 11) is 1.60. The molecule has 8 heteroatoms. The van der Waals surface area contributed by atoms with Crippen molar-refractivity contribution in [2.24, 2.45) is 0 Å². The van der Waals surface area contributed by atoms with Crippen molar-refractivity contribution in [1.82, 2.24) is 4.98 Å². The van der Waals surface area contributed by atoms with Gasteiger partial charge in [0.15, 0.2) is 0 Å². The Morgan fingerprint density at radius 2 is 2.18 bits per heavy atom. The topological polar surface area (TPSA) is 84.7 Å². The highest BCUT2D eigenvalue weighted by molar-refractivity contribution is 7.99. The molecular formula is C20H17N3O4S. The summed E-state index contributed by atoms with van der Waals surface area (Å²) < 4.78 is 10.1. The molecule has 2 amide bonds. The third-order valence-corrected chi connectivity index (χ3v) is 5.38. The Morgan fingerprint density at radius 1 is 1.29 bits per heavy atom. The first-order valence-corrected chi connectivity index (χ1v) is 9.39. The first-order valence-electron chi connectivity index (χ1n) is 8.57. The molecule has 1 N–H and O–H groups in total. The average molecular weight is 395 g/mol. The van der Waals surface area contributed by atoms with Crippen LogP contribution in [0.4, 0.5) is 11.4 Å². The maximum atomic E-state index is 13.1. The van der Waals surface area contributed by atoms with Crippen molar-refractivity contribution in [3.8, 4) is 0 Å². The van der Waals surface area contributed by atoms with E-state index in [0.717, 1.165) is 15.5 Å². The van der Waals surface area contributed by atoms with E-state index in [1.807, 2.05) is 12.1 Å². The smallest absolute Gasteiger partial charge is 0.259 e. The van der Waals surface area contributed by atoms with Crippen LogP contribution in [0, 0.1) is 0 Å². The van der Waals surface area contributed by atoms with Crippen LogP contribution in [-0.2, 0) is 4.74 Å². The number of aromatic nitrogens is 1. The Bertz CT molecular complexity index is 1020. The Morgan fingerprint density at radius 3 is 2.96 bits per heavy atom. The van der Waals surface area contributed by atoms with Gasteiger partial charge in [-0.05, 0) is 30.3 Å². The third kappa shape index (κ3) is 3.51. The number of fused-ring (bicyclic) bond motifs is 2. The van der Waals surface area contributed by atoms with Crippen LogP contribution in [0.15, 0.2) is 69.5 Å². The maximum Gasteiger partial charge on any atom is 0.259 e. The van der Waals surface area contributed by atoms with E-state index in [2.05, 4.69) is 10.3 Å². The van der Waals surface area contributed by atoms with E-state index in [0.29, 0.717) is 30.0 Å². The molecule has 0 atom stereocenters. The standard InChI is InChI=1S/C20H17N3O4S/c1-26-9-7-23-16-3-2-14(22-19(24)13-5-8-27-12-13)10-17(16)28-18-11-21-6-4-15(18)20(23)25/h2-6,8,10-12H,7,9H2,1H3,(H,22,24). The maximum absolute atomic E-state index is 13.1. The van der Waals surface area contributed by atoms with Gasteiger partial charge >= 0.3 is 0 Å². The van der Waals surface area contributed by atoms with Crippen molar-refractivity contribution in [2.75, 3.05) is 30.5 Å². The van der Waals surface area contributed by atoms with E-state index in [9.17, 15) is 9.59 Å². The lowest BCUT2D eigenvalue weighted by Crippen LogP contribution is -2.33. The number of rotatable bonds is 5. The van der Waals surface area contributed by atoms with Gasteiger partial charge in [0, 0.05) is 41.5 Å². The first kappa shape index (κ1) is 18.3. The Balaban J connectivity index is 1.71. The highest BCUT2D eigenvalue weighted by atomic mass is 32.2. The Hall–Kier alpha value is -3.10. The molecule has 3 aromatic rings. The van der Waals surface area contributed by atoms with Crippen molar-refractivity contribution < 1.29 is 18.7 Å². The van der Waals surface area contributed by atoms with E-state index < -0.39 is 0 Å². The molecule has 0 fully saturated rings. The fourth-order valence-corrected chi connectivity index (χ4v) is 3.99. The summed E-state index contributed by atoms with van der Waals surface area (Å²) in [4.78, 5) is 32.8. The van der Waals surface area contributed by atoms with Gasteiger partial charge in [-0.1, -0.05) is 11.8 Å². The van der Waals surface area contributed by atoms with Crippen molar-refractivity contribution in [2.45, 2.75) is 9.79 Å². The Labute approximate surface area is 165 Å². The van der Waals surface area contributed by atoms with Crippen LogP contribution in [0.3, 0.4) is 0 Å². The summed E-state index contributed by atoms with van der Waals surface area (Å²) in [6.07, 6.45) is 6.13. The lowest BCUT2D eigenvalue weighted by atomic mass is 10.2. The minimum absolute atomic E-state index is 0.101. The molecule has 3 heterocycles. The van der Waals surface area contributed by atoms with Crippen LogP contribution in [-0.4, -0.2) is 37.1 Å². The number of carbonyl (C=O) groups is 2. The minimum Gasteiger partial charge on any atom is -0.472 e. The van der Waals surface area contributed by atoms with Gasteiger partial charge in [-0.2, -0.15) is 0 Å². The molecule has 1 aromatic carbocycles. The van der Waals surface area contributed by atoms with E-state index in [4.69, 9.17) is 9.15 Å². The zero-order valence-electron chi connectivity index (χ0n) is 15.0. The second-order valence-electron chi connectivity index (χ2n) is 6.07. The molecule has 1 aliphatic rings. The second kappa shape index (κ2) is 7.87. The molecular weight excluding hydrogens is 378 g/mol. The number of hydrogen-bond donors (Lipinski definition) is 1. The van der Waals surface area contributed by atoms with Crippen molar-refractivity contribution in [1.29, 1.82) is 0 Å². The first-order chi connectivity index (χ1) is 13.7. The lowest BCUT2D eigenvalue weighted by Gasteiger charge is -2.23. The number of nitrogens with one attached hydrogen (secondary N) is 1. The van der Waals surface area contributed by atoms with Crippen molar-refractivity contribution >= 4 is 35.0 Å². The second-order valence-corrected chi connectivity index (χ2v) is 7.16. The average Bonchev–Trinajstić information content (AvgIpc) is 3.21. The number of anilines is 2. The van der Waals surface area contributed by atoms with Crippen molar-refractivity contribution in [3.63, 3.8) is 0 Å².